The van der Waals surface area contributed by atoms with Crippen molar-refractivity contribution in [3.05, 3.63) is 47.8 Å². The van der Waals surface area contributed by atoms with Crippen LogP contribution < -0.4 is 15.8 Å². The first-order chi connectivity index (χ1) is 11.6. The third-order valence-electron chi connectivity index (χ3n) is 4.01. The van der Waals surface area contributed by atoms with Gasteiger partial charge in [0, 0.05) is 6.54 Å². The molecule has 1 aromatic carbocycles. The average Bonchev–Trinajstić information content (AvgIpc) is 3.16. The van der Waals surface area contributed by atoms with E-state index < -0.39 is 0 Å². The molecule has 0 aliphatic carbocycles. The number of amides is 1. The predicted octanol–water partition coefficient (Wildman–Crippen LogP) is 0.613. The molecule has 2 heterocycles. The summed E-state index contributed by atoms with van der Waals surface area (Å²) in [6, 6.07) is 7.83. The summed E-state index contributed by atoms with van der Waals surface area (Å²) in [5.41, 5.74) is 8.14. The number of carbonyl (C=O) groups excluding carboxylic acids is 1. The van der Waals surface area contributed by atoms with Gasteiger partial charge in [-0.3, -0.25) is 9.48 Å². The molecule has 7 nitrogen and oxygen atoms in total. The standard InChI is InChI=1S/C17H22N4O3/c1-12-4-2-3-5-13(12)6-19-17(22)9-21-8-14(7-20-21)24-16-11-23-10-15(16)18/h2-5,7-8,15-16H,6,9-11,18H2,1H3,(H,19,22)/t15-,16+/m0/s1. The van der Waals surface area contributed by atoms with Gasteiger partial charge in [0.1, 0.15) is 12.6 Å². The molecule has 7 heteroatoms. The van der Waals surface area contributed by atoms with Gasteiger partial charge < -0.3 is 20.5 Å². The Hall–Kier alpha value is -2.38. The Bertz CT molecular complexity index is 701. The van der Waals surface area contributed by atoms with Crippen LogP contribution in [-0.2, 0) is 22.6 Å². The summed E-state index contributed by atoms with van der Waals surface area (Å²) < 4.78 is 12.5. The van der Waals surface area contributed by atoms with E-state index in [-0.39, 0.29) is 24.6 Å². The molecule has 24 heavy (non-hydrogen) atoms. The van der Waals surface area contributed by atoms with Crippen molar-refractivity contribution in [3.8, 4) is 5.75 Å². The number of ether oxygens (including phenoxy) is 2. The minimum Gasteiger partial charge on any atom is -0.483 e. The minimum absolute atomic E-state index is 0.103. The summed E-state index contributed by atoms with van der Waals surface area (Å²) in [5.74, 6) is 0.487. The van der Waals surface area contributed by atoms with Crippen molar-refractivity contribution in [2.75, 3.05) is 13.2 Å². The van der Waals surface area contributed by atoms with Crippen molar-refractivity contribution in [1.29, 1.82) is 0 Å². The quantitative estimate of drug-likeness (QED) is 0.810. The molecular weight excluding hydrogens is 308 g/mol. The van der Waals surface area contributed by atoms with Gasteiger partial charge in [-0.1, -0.05) is 24.3 Å². The zero-order valence-corrected chi connectivity index (χ0v) is 13.6. The fourth-order valence-corrected chi connectivity index (χ4v) is 2.54. The van der Waals surface area contributed by atoms with Gasteiger partial charge >= 0.3 is 0 Å². The smallest absolute Gasteiger partial charge is 0.242 e. The van der Waals surface area contributed by atoms with Crippen LogP contribution in [0.5, 0.6) is 5.75 Å². The van der Waals surface area contributed by atoms with Crippen molar-refractivity contribution in [2.45, 2.75) is 32.2 Å². The second kappa shape index (κ2) is 7.46. The summed E-state index contributed by atoms with van der Waals surface area (Å²) in [6.07, 6.45) is 3.11. The van der Waals surface area contributed by atoms with Crippen LogP contribution in [0.25, 0.3) is 0 Å². The topological polar surface area (TPSA) is 91.4 Å². The van der Waals surface area contributed by atoms with Crippen molar-refractivity contribution in [1.82, 2.24) is 15.1 Å². The summed E-state index contributed by atoms with van der Waals surface area (Å²) in [5, 5.41) is 7.04. The number of rotatable bonds is 6. The average molecular weight is 330 g/mol. The number of carbonyl (C=O) groups is 1. The largest absolute Gasteiger partial charge is 0.483 e. The fraction of sp³-hybridized carbons (Fsp3) is 0.412. The molecule has 1 aliphatic heterocycles. The Morgan fingerprint density at radius 1 is 1.46 bits per heavy atom. The number of nitrogens with zero attached hydrogens (tertiary/aromatic N) is 2. The normalized spacial score (nSPS) is 20.1. The highest BCUT2D eigenvalue weighted by atomic mass is 16.5. The summed E-state index contributed by atoms with van der Waals surface area (Å²) in [4.78, 5) is 12.1. The number of hydrogen-bond donors (Lipinski definition) is 2. The molecule has 2 aromatic rings. The highest BCUT2D eigenvalue weighted by Crippen LogP contribution is 2.15. The predicted molar refractivity (Wildman–Crippen MR) is 88.5 cm³/mol. The molecular formula is C17H22N4O3. The molecule has 3 N–H and O–H groups in total. The van der Waals surface area contributed by atoms with Gasteiger partial charge in [0.05, 0.1) is 31.6 Å². The lowest BCUT2D eigenvalue weighted by Gasteiger charge is -2.13. The molecule has 1 saturated heterocycles. The van der Waals surface area contributed by atoms with Crippen LogP contribution in [0.1, 0.15) is 11.1 Å². The lowest BCUT2D eigenvalue weighted by atomic mass is 10.1. The van der Waals surface area contributed by atoms with Gasteiger partial charge in [0.15, 0.2) is 5.75 Å². The second-order valence-corrected chi connectivity index (χ2v) is 5.93. The lowest BCUT2D eigenvalue weighted by molar-refractivity contribution is -0.122. The van der Waals surface area contributed by atoms with Crippen LogP contribution in [0, 0.1) is 6.92 Å². The van der Waals surface area contributed by atoms with Crippen LogP contribution in [0.4, 0.5) is 0 Å². The Morgan fingerprint density at radius 2 is 2.29 bits per heavy atom. The van der Waals surface area contributed by atoms with Crippen LogP contribution >= 0.6 is 0 Å². The van der Waals surface area contributed by atoms with E-state index in [9.17, 15) is 4.79 Å². The zero-order valence-electron chi connectivity index (χ0n) is 13.6. The molecule has 1 fully saturated rings. The molecule has 1 aromatic heterocycles. The van der Waals surface area contributed by atoms with E-state index >= 15 is 0 Å². The molecule has 0 radical (unpaired) electrons. The highest BCUT2D eigenvalue weighted by molar-refractivity contribution is 5.75. The molecule has 0 bridgehead atoms. The van der Waals surface area contributed by atoms with Gasteiger partial charge in [-0.25, -0.2) is 0 Å². The van der Waals surface area contributed by atoms with Crippen LogP contribution in [0.15, 0.2) is 36.7 Å². The first-order valence-corrected chi connectivity index (χ1v) is 7.95. The van der Waals surface area contributed by atoms with E-state index in [2.05, 4.69) is 10.4 Å². The van der Waals surface area contributed by atoms with Gasteiger partial charge in [0.2, 0.25) is 5.91 Å². The first kappa shape index (κ1) is 16.5. The van der Waals surface area contributed by atoms with E-state index in [4.69, 9.17) is 15.2 Å². The minimum atomic E-state index is -0.169. The maximum absolute atomic E-state index is 12.1. The Labute approximate surface area is 140 Å². The van der Waals surface area contributed by atoms with E-state index in [0.717, 1.165) is 11.1 Å². The first-order valence-electron chi connectivity index (χ1n) is 7.95. The van der Waals surface area contributed by atoms with Crippen molar-refractivity contribution in [2.24, 2.45) is 5.73 Å². The number of aryl methyl sites for hydroxylation is 1. The second-order valence-electron chi connectivity index (χ2n) is 5.93. The van der Waals surface area contributed by atoms with E-state index in [1.807, 2.05) is 31.2 Å². The summed E-state index contributed by atoms with van der Waals surface area (Å²) in [6.45, 7) is 3.65. The number of nitrogens with one attached hydrogen (secondary N) is 1. The monoisotopic (exact) mass is 330 g/mol. The highest BCUT2D eigenvalue weighted by Gasteiger charge is 2.27. The molecule has 1 aliphatic rings. The number of aromatic nitrogens is 2. The Balaban J connectivity index is 1.49. The third-order valence-corrected chi connectivity index (χ3v) is 4.01. The Kier molecular flexibility index (Phi) is 5.12. The number of hydrogen-bond acceptors (Lipinski definition) is 5. The molecule has 0 spiro atoms. The van der Waals surface area contributed by atoms with E-state index in [1.54, 1.807) is 17.1 Å². The van der Waals surface area contributed by atoms with Crippen molar-refractivity contribution in [3.63, 3.8) is 0 Å². The van der Waals surface area contributed by atoms with E-state index in [1.165, 1.54) is 0 Å². The van der Waals surface area contributed by atoms with Gasteiger partial charge in [-0.05, 0) is 18.1 Å². The molecule has 128 valence electrons. The molecule has 0 saturated carbocycles. The SMILES string of the molecule is Cc1ccccc1CNC(=O)Cn1cc(O[C@@H]2COC[C@@H]2N)cn1. The zero-order chi connectivity index (χ0) is 16.9. The van der Waals surface area contributed by atoms with Crippen LogP contribution in [-0.4, -0.2) is 41.0 Å². The maximum atomic E-state index is 12.1. The Morgan fingerprint density at radius 3 is 3.04 bits per heavy atom. The summed E-state index contributed by atoms with van der Waals surface area (Å²) >= 11 is 0. The van der Waals surface area contributed by atoms with Gasteiger partial charge in [0.25, 0.3) is 0 Å². The molecule has 2 atom stereocenters. The fourth-order valence-electron chi connectivity index (χ4n) is 2.54. The van der Waals surface area contributed by atoms with Crippen molar-refractivity contribution >= 4 is 5.91 Å². The maximum Gasteiger partial charge on any atom is 0.242 e. The number of nitrogens with two attached hydrogens (primary N) is 1. The van der Waals surface area contributed by atoms with Crippen LogP contribution in [0.2, 0.25) is 0 Å². The molecule has 1 amide bonds. The third kappa shape index (κ3) is 4.12. The lowest BCUT2D eigenvalue weighted by Crippen LogP contribution is -2.37. The van der Waals surface area contributed by atoms with E-state index in [0.29, 0.717) is 25.5 Å². The summed E-state index contributed by atoms with van der Waals surface area (Å²) in [7, 11) is 0. The molecule has 3 rings (SSSR count). The van der Waals surface area contributed by atoms with Gasteiger partial charge in [-0.15, -0.1) is 0 Å². The van der Waals surface area contributed by atoms with Crippen LogP contribution in [0.3, 0.4) is 0 Å². The number of benzene rings is 1. The molecule has 0 unspecified atom stereocenters. The van der Waals surface area contributed by atoms with Gasteiger partial charge in [-0.2, -0.15) is 5.10 Å². The van der Waals surface area contributed by atoms with Crippen molar-refractivity contribution < 1.29 is 14.3 Å².